The highest BCUT2D eigenvalue weighted by Gasteiger charge is 2.27. The number of furan rings is 1. The first-order valence-electron chi connectivity index (χ1n) is 9.08. The zero-order chi connectivity index (χ0) is 22.8. The van der Waals surface area contributed by atoms with Gasteiger partial charge in [0.05, 0.1) is 51.6 Å². The first-order chi connectivity index (χ1) is 15.4. The van der Waals surface area contributed by atoms with Crippen LogP contribution in [-0.4, -0.2) is 27.8 Å². The number of rotatable bonds is 7. The minimum atomic E-state index is -0.787. The third kappa shape index (κ3) is 4.11. The molecule has 0 N–H and O–H groups in total. The maximum Gasteiger partial charge on any atom is 0.277 e. The number of hydrogen-bond donors (Lipinski definition) is 0. The highest BCUT2D eigenvalue weighted by Crippen LogP contribution is 2.34. The second-order valence-corrected chi connectivity index (χ2v) is 7.56. The number of aromatic nitrogens is 1. The molecule has 0 radical (unpaired) electrons. The average molecular weight is 454 g/mol. The van der Waals surface area contributed by atoms with Gasteiger partial charge in [0.1, 0.15) is 11.5 Å². The number of thiazole rings is 1. The first kappa shape index (κ1) is 20.9. The van der Waals surface area contributed by atoms with Crippen molar-refractivity contribution in [3.8, 4) is 5.75 Å². The lowest BCUT2D eigenvalue weighted by atomic mass is 10.1. The van der Waals surface area contributed by atoms with Crippen LogP contribution in [0.2, 0.25) is 0 Å². The van der Waals surface area contributed by atoms with Gasteiger partial charge in [-0.15, -0.1) is 0 Å². The van der Waals surface area contributed by atoms with E-state index in [9.17, 15) is 25.0 Å². The summed E-state index contributed by atoms with van der Waals surface area (Å²) in [6.45, 7) is -0.0285. The van der Waals surface area contributed by atoms with Gasteiger partial charge in [0.2, 0.25) is 0 Å². The van der Waals surface area contributed by atoms with Crippen molar-refractivity contribution < 1.29 is 23.8 Å². The van der Waals surface area contributed by atoms with Crippen molar-refractivity contribution in [3.05, 3.63) is 86.3 Å². The molecule has 32 heavy (non-hydrogen) atoms. The molecule has 0 bridgehead atoms. The highest BCUT2D eigenvalue weighted by molar-refractivity contribution is 7.22. The van der Waals surface area contributed by atoms with Crippen LogP contribution in [0.4, 0.5) is 16.5 Å². The van der Waals surface area contributed by atoms with Crippen LogP contribution in [0, 0.1) is 20.2 Å². The number of carbonyl (C=O) groups is 1. The van der Waals surface area contributed by atoms with Crippen LogP contribution in [-0.2, 0) is 6.54 Å². The summed E-state index contributed by atoms with van der Waals surface area (Å²) in [6, 6.07) is 11.4. The topological polar surface area (TPSA) is 142 Å². The molecule has 1 amide bonds. The fourth-order valence-electron chi connectivity index (χ4n) is 3.01. The number of anilines is 1. The van der Waals surface area contributed by atoms with E-state index in [1.807, 2.05) is 0 Å². The summed E-state index contributed by atoms with van der Waals surface area (Å²) in [6.07, 6.45) is 1.44. The van der Waals surface area contributed by atoms with E-state index in [4.69, 9.17) is 9.15 Å². The third-order valence-electron chi connectivity index (χ3n) is 4.53. The highest BCUT2D eigenvalue weighted by atomic mass is 32.1. The van der Waals surface area contributed by atoms with Gasteiger partial charge in [-0.1, -0.05) is 11.3 Å². The van der Waals surface area contributed by atoms with Gasteiger partial charge in [-0.2, -0.15) is 0 Å². The Bertz CT molecular complexity index is 1300. The van der Waals surface area contributed by atoms with Gasteiger partial charge in [0.25, 0.3) is 17.3 Å². The lowest BCUT2D eigenvalue weighted by molar-refractivity contribution is -0.394. The van der Waals surface area contributed by atoms with E-state index in [0.717, 1.165) is 22.9 Å². The molecule has 4 rings (SSSR count). The minimum absolute atomic E-state index is 0.0285. The van der Waals surface area contributed by atoms with Crippen molar-refractivity contribution in [2.24, 2.45) is 0 Å². The molecule has 0 unspecified atom stereocenters. The smallest absolute Gasteiger partial charge is 0.277 e. The molecule has 0 fully saturated rings. The van der Waals surface area contributed by atoms with Crippen LogP contribution in [0.5, 0.6) is 5.75 Å². The molecule has 0 aliphatic rings. The van der Waals surface area contributed by atoms with Crippen molar-refractivity contribution >= 4 is 44.0 Å². The number of nitro groups is 2. The second kappa shape index (κ2) is 8.43. The van der Waals surface area contributed by atoms with Crippen molar-refractivity contribution in [2.75, 3.05) is 12.0 Å². The Kier molecular flexibility index (Phi) is 5.52. The summed E-state index contributed by atoms with van der Waals surface area (Å²) < 4.78 is 11.3. The molecule has 0 spiro atoms. The van der Waals surface area contributed by atoms with Gasteiger partial charge in [-0.05, 0) is 30.3 Å². The number of carbonyl (C=O) groups excluding carboxylic acids is 1. The van der Waals surface area contributed by atoms with Crippen LogP contribution >= 0.6 is 11.3 Å². The number of methoxy groups -OCH3 is 1. The predicted molar refractivity (Wildman–Crippen MR) is 115 cm³/mol. The Labute approximate surface area is 183 Å². The molecule has 4 aromatic rings. The van der Waals surface area contributed by atoms with Crippen LogP contribution in [0.15, 0.2) is 59.2 Å². The maximum atomic E-state index is 13.4. The van der Waals surface area contributed by atoms with Crippen molar-refractivity contribution in [1.82, 2.24) is 4.98 Å². The molecule has 2 aromatic heterocycles. The van der Waals surface area contributed by atoms with Gasteiger partial charge in [0, 0.05) is 12.1 Å². The van der Waals surface area contributed by atoms with Crippen LogP contribution in [0.25, 0.3) is 10.2 Å². The van der Waals surface area contributed by atoms with Gasteiger partial charge in [-0.25, -0.2) is 4.98 Å². The zero-order valence-electron chi connectivity index (χ0n) is 16.5. The average Bonchev–Trinajstić information content (AvgIpc) is 3.45. The molecule has 0 saturated heterocycles. The zero-order valence-corrected chi connectivity index (χ0v) is 17.3. The molecule has 2 aromatic carbocycles. The van der Waals surface area contributed by atoms with Gasteiger partial charge >= 0.3 is 0 Å². The Morgan fingerprint density at radius 3 is 2.44 bits per heavy atom. The van der Waals surface area contributed by atoms with E-state index in [2.05, 4.69) is 4.98 Å². The van der Waals surface area contributed by atoms with Crippen molar-refractivity contribution in [2.45, 2.75) is 6.54 Å². The number of fused-ring (bicyclic) bond motifs is 1. The number of nitro benzene ring substituents is 2. The summed E-state index contributed by atoms with van der Waals surface area (Å²) in [5, 5.41) is 22.8. The Morgan fingerprint density at radius 2 is 1.84 bits per heavy atom. The van der Waals surface area contributed by atoms with Crippen LogP contribution in [0.3, 0.4) is 0 Å². The molecular weight excluding hydrogens is 440 g/mol. The molecule has 2 heterocycles. The fraction of sp³-hybridized carbons (Fsp3) is 0.100. The summed E-state index contributed by atoms with van der Waals surface area (Å²) in [7, 11) is 1.53. The number of hydrogen-bond acceptors (Lipinski definition) is 9. The standard InChI is InChI=1S/C20H14N4O7S/c1-30-15-4-5-17-18(10-15)32-20(21-17)22(11-16-3-2-6-31-16)19(25)12-7-13(23(26)27)9-14(8-12)24(28)29/h2-10H,11H2,1H3. The quantitative estimate of drug-likeness (QED) is 0.292. The van der Waals surface area contributed by atoms with E-state index >= 15 is 0 Å². The molecule has 11 nitrogen and oxygen atoms in total. The van der Waals surface area contributed by atoms with Crippen molar-refractivity contribution in [3.63, 3.8) is 0 Å². The number of benzene rings is 2. The van der Waals surface area contributed by atoms with E-state index in [1.165, 1.54) is 29.6 Å². The van der Waals surface area contributed by atoms with E-state index in [-0.39, 0.29) is 12.1 Å². The molecule has 162 valence electrons. The van der Waals surface area contributed by atoms with Gasteiger partial charge in [0.15, 0.2) is 5.13 Å². The van der Waals surface area contributed by atoms with Crippen LogP contribution in [0.1, 0.15) is 16.1 Å². The molecule has 0 aliphatic heterocycles. The van der Waals surface area contributed by atoms with E-state index in [1.54, 1.807) is 30.3 Å². The Balaban J connectivity index is 1.81. The van der Waals surface area contributed by atoms with E-state index < -0.39 is 27.1 Å². The molecule has 0 aliphatic carbocycles. The fourth-order valence-corrected chi connectivity index (χ4v) is 4.00. The molecule has 0 atom stereocenters. The lowest BCUT2D eigenvalue weighted by Crippen LogP contribution is -2.30. The Hall–Kier alpha value is -4.32. The first-order valence-corrected chi connectivity index (χ1v) is 9.90. The van der Waals surface area contributed by atoms with Gasteiger partial charge < -0.3 is 9.15 Å². The maximum absolute atomic E-state index is 13.4. The normalized spacial score (nSPS) is 10.8. The summed E-state index contributed by atoms with van der Waals surface area (Å²) in [5.41, 5.74) is -0.716. The number of amides is 1. The van der Waals surface area contributed by atoms with Crippen molar-refractivity contribution in [1.29, 1.82) is 0 Å². The van der Waals surface area contributed by atoms with E-state index in [0.29, 0.717) is 22.2 Å². The minimum Gasteiger partial charge on any atom is -0.497 e. The molecule has 0 saturated carbocycles. The SMILES string of the molecule is COc1ccc2nc(N(Cc3ccco3)C(=O)c3cc([N+](=O)[O-])cc([N+](=O)[O-])c3)sc2c1. The van der Waals surface area contributed by atoms with Gasteiger partial charge in [-0.3, -0.25) is 29.9 Å². The predicted octanol–water partition coefficient (Wildman–Crippen LogP) is 4.56. The monoisotopic (exact) mass is 454 g/mol. The largest absolute Gasteiger partial charge is 0.497 e. The summed E-state index contributed by atoms with van der Waals surface area (Å²) >= 11 is 1.21. The third-order valence-corrected chi connectivity index (χ3v) is 5.57. The summed E-state index contributed by atoms with van der Waals surface area (Å²) in [5.74, 6) is 0.361. The lowest BCUT2D eigenvalue weighted by Gasteiger charge is -2.18. The molecular formula is C20H14N4O7S. The number of ether oxygens (including phenoxy) is 1. The number of nitrogens with zero attached hydrogens (tertiary/aromatic N) is 4. The second-order valence-electron chi connectivity index (χ2n) is 6.55. The Morgan fingerprint density at radius 1 is 1.12 bits per heavy atom. The number of non-ortho nitro benzene ring substituents is 2. The summed E-state index contributed by atoms with van der Waals surface area (Å²) in [4.78, 5) is 40.1. The molecule has 12 heteroatoms. The van der Waals surface area contributed by atoms with Crippen LogP contribution < -0.4 is 9.64 Å².